The number of nitrogens with zero attached hydrogens (tertiary/aromatic N) is 1. The number of carbonyl (C=O) groups excluding carboxylic acids is 1. The number of benzene rings is 2. The molecule has 1 amide bonds. The second kappa shape index (κ2) is 7.09. The molecule has 0 bridgehead atoms. The van der Waals surface area contributed by atoms with Gasteiger partial charge in [0.15, 0.2) is 0 Å². The summed E-state index contributed by atoms with van der Waals surface area (Å²) >= 11 is 6.94. The van der Waals surface area contributed by atoms with E-state index in [1.54, 1.807) is 6.92 Å². The summed E-state index contributed by atoms with van der Waals surface area (Å²) in [6, 6.07) is 12.4. The number of hydrogen-bond acceptors (Lipinski definition) is 3. The smallest absolute Gasteiger partial charge is 0.321 e. The summed E-state index contributed by atoms with van der Waals surface area (Å²) in [5, 5.41) is 2.72. The van der Waals surface area contributed by atoms with Crippen LogP contribution in [0.3, 0.4) is 0 Å². The Morgan fingerprint density at radius 2 is 1.85 bits per heavy atom. The molecule has 0 aliphatic heterocycles. The first-order valence-corrected chi connectivity index (χ1v) is 8.66. The minimum atomic E-state index is -4.61. The van der Waals surface area contributed by atoms with Gasteiger partial charge in [-0.25, -0.2) is 4.98 Å². The second-order valence-corrected chi connectivity index (χ2v) is 7.03. The molecule has 0 fully saturated rings. The highest BCUT2D eigenvalue weighted by Gasteiger charge is 2.33. The quantitative estimate of drug-likeness (QED) is 0.586. The summed E-state index contributed by atoms with van der Waals surface area (Å²) in [5.41, 5.74) is -0.0244. The summed E-state index contributed by atoms with van der Waals surface area (Å²) in [7, 11) is 0. The Morgan fingerprint density at radius 1 is 1.15 bits per heavy atom. The predicted octanol–water partition coefficient (Wildman–Crippen LogP) is 6.04. The molecule has 1 heterocycles. The molecule has 0 spiro atoms. The van der Waals surface area contributed by atoms with Crippen LogP contribution in [0.2, 0.25) is 5.02 Å². The Hall–Kier alpha value is -2.38. The van der Waals surface area contributed by atoms with Gasteiger partial charge in [0.25, 0.3) is 5.91 Å². The molecule has 26 heavy (non-hydrogen) atoms. The predicted molar refractivity (Wildman–Crippen MR) is 96.7 cm³/mol. The van der Waals surface area contributed by atoms with Crippen LogP contribution in [0.4, 0.5) is 18.9 Å². The molecular formula is C18H12ClF3N2OS. The summed E-state index contributed by atoms with van der Waals surface area (Å²) in [6.07, 6.45) is -4.61. The van der Waals surface area contributed by atoms with Gasteiger partial charge in [0.05, 0.1) is 20.5 Å². The van der Waals surface area contributed by atoms with Crippen molar-refractivity contribution in [3.63, 3.8) is 0 Å². The van der Waals surface area contributed by atoms with Crippen molar-refractivity contribution in [1.29, 1.82) is 0 Å². The van der Waals surface area contributed by atoms with E-state index in [9.17, 15) is 18.0 Å². The standard InChI is InChI=1S/C18H12ClF3N2OS/c1-10-23-15(16(26-10)11-5-3-2-4-6-11)17(25)24-12-7-8-14(19)13(9-12)18(20,21)22/h2-9H,1H3,(H,24,25). The first-order chi connectivity index (χ1) is 12.3. The third-order valence-electron chi connectivity index (χ3n) is 3.51. The minimum Gasteiger partial charge on any atom is -0.321 e. The summed E-state index contributed by atoms with van der Waals surface area (Å²) in [5.74, 6) is -0.580. The Bertz CT molecular complexity index is 955. The van der Waals surface area contributed by atoms with Crippen LogP contribution in [0, 0.1) is 6.92 Å². The zero-order chi connectivity index (χ0) is 18.9. The van der Waals surface area contributed by atoms with Crippen LogP contribution in [0.1, 0.15) is 21.1 Å². The molecule has 3 aromatic rings. The molecule has 8 heteroatoms. The molecule has 0 aliphatic rings. The Morgan fingerprint density at radius 3 is 2.50 bits per heavy atom. The van der Waals surface area contributed by atoms with Gasteiger partial charge in [0, 0.05) is 5.69 Å². The maximum Gasteiger partial charge on any atom is 0.417 e. The topological polar surface area (TPSA) is 42.0 Å². The number of alkyl halides is 3. The Balaban J connectivity index is 1.93. The highest BCUT2D eigenvalue weighted by atomic mass is 35.5. The van der Waals surface area contributed by atoms with Crippen LogP contribution < -0.4 is 5.32 Å². The van der Waals surface area contributed by atoms with E-state index in [-0.39, 0.29) is 11.4 Å². The monoisotopic (exact) mass is 396 g/mol. The van der Waals surface area contributed by atoms with Gasteiger partial charge >= 0.3 is 6.18 Å². The van der Waals surface area contributed by atoms with E-state index >= 15 is 0 Å². The number of carbonyl (C=O) groups is 1. The first kappa shape index (κ1) is 18.4. The maximum absolute atomic E-state index is 13.0. The lowest BCUT2D eigenvalue weighted by Gasteiger charge is -2.11. The van der Waals surface area contributed by atoms with E-state index in [0.29, 0.717) is 9.88 Å². The zero-order valence-electron chi connectivity index (χ0n) is 13.4. The third-order valence-corrected chi connectivity index (χ3v) is 4.86. The second-order valence-electron chi connectivity index (χ2n) is 5.42. The summed E-state index contributed by atoms with van der Waals surface area (Å²) < 4.78 is 38.9. The fraction of sp³-hybridized carbons (Fsp3) is 0.111. The molecule has 0 radical (unpaired) electrons. The van der Waals surface area contributed by atoms with Crippen LogP contribution in [0.5, 0.6) is 0 Å². The molecule has 0 atom stereocenters. The number of hydrogen-bond donors (Lipinski definition) is 1. The van der Waals surface area contributed by atoms with E-state index in [4.69, 9.17) is 11.6 Å². The fourth-order valence-corrected chi connectivity index (χ4v) is 3.52. The average molecular weight is 397 g/mol. The van der Waals surface area contributed by atoms with Crippen molar-refractivity contribution in [2.24, 2.45) is 0 Å². The minimum absolute atomic E-state index is 0.00334. The molecule has 134 valence electrons. The number of halogens is 4. The van der Waals surface area contributed by atoms with Gasteiger partial charge in [0.2, 0.25) is 0 Å². The van der Waals surface area contributed by atoms with Crippen LogP contribution in [0.15, 0.2) is 48.5 Å². The van der Waals surface area contributed by atoms with Gasteiger partial charge in [-0.1, -0.05) is 41.9 Å². The lowest BCUT2D eigenvalue weighted by Crippen LogP contribution is -2.14. The number of amides is 1. The number of anilines is 1. The van der Waals surface area contributed by atoms with Gasteiger partial charge in [-0.2, -0.15) is 13.2 Å². The van der Waals surface area contributed by atoms with Crippen LogP contribution in [-0.4, -0.2) is 10.9 Å². The highest BCUT2D eigenvalue weighted by Crippen LogP contribution is 2.36. The van der Waals surface area contributed by atoms with Gasteiger partial charge in [-0.05, 0) is 30.7 Å². The van der Waals surface area contributed by atoms with Gasteiger partial charge < -0.3 is 5.32 Å². The largest absolute Gasteiger partial charge is 0.417 e. The molecule has 0 aliphatic carbocycles. The average Bonchev–Trinajstić information content (AvgIpc) is 2.98. The molecule has 0 saturated carbocycles. The normalized spacial score (nSPS) is 11.4. The van der Waals surface area contributed by atoms with Gasteiger partial charge in [-0.3, -0.25) is 4.79 Å². The Labute approximate surface area is 156 Å². The van der Waals surface area contributed by atoms with Crippen molar-refractivity contribution >= 4 is 34.5 Å². The summed E-state index contributed by atoms with van der Waals surface area (Å²) in [6.45, 7) is 1.76. The number of thiazole rings is 1. The number of aromatic nitrogens is 1. The van der Waals surface area contributed by atoms with E-state index in [0.717, 1.165) is 17.7 Å². The molecule has 1 N–H and O–H groups in total. The van der Waals surface area contributed by atoms with E-state index in [1.807, 2.05) is 30.3 Å². The summed E-state index contributed by atoms with van der Waals surface area (Å²) in [4.78, 5) is 17.5. The van der Waals surface area contributed by atoms with Crippen LogP contribution in [-0.2, 0) is 6.18 Å². The third kappa shape index (κ3) is 3.89. The fourth-order valence-electron chi connectivity index (χ4n) is 2.38. The first-order valence-electron chi connectivity index (χ1n) is 7.46. The van der Waals surface area contributed by atoms with Crippen molar-refractivity contribution < 1.29 is 18.0 Å². The van der Waals surface area contributed by atoms with Crippen molar-refractivity contribution in [3.05, 3.63) is 69.8 Å². The van der Waals surface area contributed by atoms with E-state index in [2.05, 4.69) is 10.3 Å². The lowest BCUT2D eigenvalue weighted by atomic mass is 10.1. The zero-order valence-corrected chi connectivity index (χ0v) is 15.0. The van der Waals surface area contributed by atoms with E-state index < -0.39 is 22.7 Å². The maximum atomic E-state index is 13.0. The Kier molecular flexibility index (Phi) is 5.02. The molecule has 1 aromatic heterocycles. The molecule has 3 rings (SSSR count). The number of rotatable bonds is 3. The molecule has 3 nitrogen and oxygen atoms in total. The van der Waals surface area contributed by atoms with Crippen molar-refractivity contribution in [3.8, 4) is 10.4 Å². The van der Waals surface area contributed by atoms with Gasteiger partial charge in [-0.15, -0.1) is 11.3 Å². The number of aryl methyl sites for hydroxylation is 1. The number of nitrogens with one attached hydrogen (secondary N) is 1. The molecule has 0 unspecified atom stereocenters. The molecular weight excluding hydrogens is 385 g/mol. The lowest BCUT2D eigenvalue weighted by molar-refractivity contribution is -0.137. The van der Waals surface area contributed by atoms with Crippen molar-refractivity contribution in [1.82, 2.24) is 4.98 Å². The van der Waals surface area contributed by atoms with Crippen molar-refractivity contribution in [2.45, 2.75) is 13.1 Å². The SMILES string of the molecule is Cc1nc(C(=O)Nc2ccc(Cl)c(C(F)(F)F)c2)c(-c2ccccc2)s1. The van der Waals surface area contributed by atoms with E-state index in [1.165, 1.54) is 17.4 Å². The highest BCUT2D eigenvalue weighted by molar-refractivity contribution is 7.15. The van der Waals surface area contributed by atoms with Crippen LogP contribution in [0.25, 0.3) is 10.4 Å². The molecule has 2 aromatic carbocycles. The van der Waals surface area contributed by atoms with Crippen molar-refractivity contribution in [2.75, 3.05) is 5.32 Å². The van der Waals surface area contributed by atoms with Gasteiger partial charge in [0.1, 0.15) is 5.69 Å². The van der Waals surface area contributed by atoms with Crippen LogP contribution >= 0.6 is 22.9 Å². The molecule has 0 saturated heterocycles.